The highest BCUT2D eigenvalue weighted by atomic mass is 32.2. The van der Waals surface area contributed by atoms with Gasteiger partial charge in [-0.25, -0.2) is 4.21 Å². The zero-order valence-electron chi connectivity index (χ0n) is 5.33. The van der Waals surface area contributed by atoms with Gasteiger partial charge in [-0.15, -0.1) is 0 Å². The third-order valence-corrected chi connectivity index (χ3v) is 2.89. The molecule has 52 valence electrons. The number of aryl methyl sites for hydroxylation is 1. The summed E-state index contributed by atoms with van der Waals surface area (Å²) in [7, 11) is 5.39. The van der Waals surface area contributed by atoms with E-state index in [0.29, 0.717) is 9.67 Å². The Morgan fingerprint density at radius 2 is 2.40 bits per heavy atom. The molecular weight excluding hydrogens is 167 g/mol. The van der Waals surface area contributed by atoms with Gasteiger partial charge in [-0.05, 0) is 17.8 Å². The van der Waals surface area contributed by atoms with Crippen LogP contribution in [0, 0.1) is 6.92 Å². The molecule has 2 radical (unpaired) electrons. The highest BCUT2D eigenvalue weighted by molar-refractivity contribution is 7.79. The molecular formula is C5H5BO2S2. The van der Waals surface area contributed by atoms with Crippen LogP contribution in [0.15, 0.2) is 11.0 Å². The van der Waals surface area contributed by atoms with E-state index in [-0.39, 0.29) is 0 Å². The van der Waals surface area contributed by atoms with Gasteiger partial charge in [0.2, 0.25) is 0 Å². The molecule has 1 aromatic rings. The predicted molar refractivity (Wildman–Crippen MR) is 43.5 cm³/mol. The Labute approximate surface area is 67.0 Å². The van der Waals surface area contributed by atoms with E-state index in [1.165, 1.54) is 17.4 Å². The Morgan fingerprint density at radius 3 is 2.60 bits per heavy atom. The molecule has 0 aliphatic heterocycles. The van der Waals surface area contributed by atoms with Crippen molar-refractivity contribution in [3.63, 3.8) is 0 Å². The summed E-state index contributed by atoms with van der Waals surface area (Å²) in [5, 5.41) is 0. The van der Waals surface area contributed by atoms with E-state index >= 15 is 0 Å². The molecule has 2 nitrogen and oxygen atoms in total. The van der Waals surface area contributed by atoms with Crippen molar-refractivity contribution >= 4 is 35.0 Å². The molecule has 1 rings (SSSR count). The van der Waals surface area contributed by atoms with Crippen LogP contribution in [0.2, 0.25) is 0 Å². The maximum Gasteiger partial charge on any atom is 0.187 e. The summed E-state index contributed by atoms with van der Waals surface area (Å²) in [6, 6.07) is 1.52. The van der Waals surface area contributed by atoms with Crippen molar-refractivity contribution in [3.05, 3.63) is 10.9 Å². The fraction of sp³-hybridized carbons (Fsp3) is 0.200. The number of rotatable bonds is 1. The zero-order chi connectivity index (χ0) is 7.72. The lowest BCUT2D eigenvalue weighted by molar-refractivity contribution is 0.564. The quantitative estimate of drug-likeness (QED) is 0.492. The second kappa shape index (κ2) is 2.86. The molecule has 1 unspecified atom stereocenters. The topological polar surface area (TPSA) is 37.3 Å². The van der Waals surface area contributed by atoms with Gasteiger partial charge in [-0.1, -0.05) is 0 Å². The van der Waals surface area contributed by atoms with E-state index in [0.717, 1.165) is 4.88 Å². The molecule has 5 heteroatoms. The molecule has 0 amide bonds. The highest BCUT2D eigenvalue weighted by Gasteiger charge is 2.06. The number of hydrogen-bond acceptors (Lipinski definition) is 2. The predicted octanol–water partition coefficient (Wildman–Crippen LogP) is 0.431. The van der Waals surface area contributed by atoms with Crippen LogP contribution >= 0.6 is 11.3 Å². The molecule has 0 aliphatic rings. The standard InChI is InChI=1S/C5H5BO2S2/c1-3-4(10(7)8)2-5(6)9-3/h2H,1H3,(H,7,8). The van der Waals surface area contributed by atoms with Gasteiger partial charge in [0.15, 0.2) is 11.1 Å². The van der Waals surface area contributed by atoms with E-state index < -0.39 is 11.1 Å². The van der Waals surface area contributed by atoms with Gasteiger partial charge >= 0.3 is 0 Å². The fourth-order valence-corrected chi connectivity index (χ4v) is 2.24. The molecule has 0 saturated carbocycles. The lowest BCUT2D eigenvalue weighted by Gasteiger charge is -1.87. The summed E-state index contributed by atoms with van der Waals surface area (Å²) in [4.78, 5) is 1.22. The van der Waals surface area contributed by atoms with Crippen LogP contribution in [0.5, 0.6) is 0 Å². The Kier molecular flexibility index (Phi) is 2.28. The first-order chi connectivity index (χ1) is 4.61. The summed E-state index contributed by atoms with van der Waals surface area (Å²) in [6.07, 6.45) is 0. The van der Waals surface area contributed by atoms with Gasteiger partial charge in [0.25, 0.3) is 0 Å². The van der Waals surface area contributed by atoms with Crippen LogP contribution < -0.4 is 4.78 Å². The average molecular weight is 172 g/mol. The average Bonchev–Trinajstić information content (AvgIpc) is 2.10. The molecule has 0 bridgehead atoms. The third kappa shape index (κ3) is 1.48. The zero-order valence-corrected chi connectivity index (χ0v) is 6.96. The molecule has 0 aliphatic carbocycles. The second-order valence-corrected chi connectivity index (χ2v) is 4.04. The molecule has 1 N–H and O–H groups in total. The van der Waals surface area contributed by atoms with E-state index in [1.54, 1.807) is 6.92 Å². The number of hydrogen-bond donors (Lipinski definition) is 1. The van der Waals surface area contributed by atoms with E-state index in [4.69, 9.17) is 12.4 Å². The van der Waals surface area contributed by atoms with Crippen molar-refractivity contribution in [2.75, 3.05) is 0 Å². The molecule has 0 saturated heterocycles. The minimum atomic E-state index is -1.89. The molecule has 0 aromatic carbocycles. The Morgan fingerprint density at radius 1 is 1.80 bits per heavy atom. The van der Waals surface area contributed by atoms with Gasteiger partial charge in [-0.2, -0.15) is 11.3 Å². The van der Waals surface area contributed by atoms with Crippen LogP contribution in [-0.2, 0) is 11.1 Å². The van der Waals surface area contributed by atoms with Gasteiger partial charge in [0.05, 0.1) is 4.90 Å². The van der Waals surface area contributed by atoms with Crippen molar-refractivity contribution in [1.82, 2.24) is 0 Å². The van der Waals surface area contributed by atoms with Crippen LogP contribution in [0.1, 0.15) is 4.88 Å². The highest BCUT2D eigenvalue weighted by Crippen LogP contribution is 2.14. The molecule has 1 aromatic heterocycles. The molecule has 10 heavy (non-hydrogen) atoms. The van der Waals surface area contributed by atoms with Crippen molar-refractivity contribution < 1.29 is 8.76 Å². The van der Waals surface area contributed by atoms with Crippen molar-refractivity contribution in [2.24, 2.45) is 0 Å². The van der Waals surface area contributed by atoms with E-state index in [1.807, 2.05) is 0 Å². The smallest absolute Gasteiger partial charge is 0.187 e. The SMILES string of the molecule is [B]c1cc(S(=O)O)c(C)s1. The van der Waals surface area contributed by atoms with Gasteiger partial charge < -0.3 is 4.55 Å². The van der Waals surface area contributed by atoms with E-state index in [2.05, 4.69) is 0 Å². The number of thiophene rings is 1. The minimum Gasteiger partial charge on any atom is -0.302 e. The summed E-state index contributed by atoms with van der Waals surface area (Å²) >= 11 is -0.567. The summed E-state index contributed by atoms with van der Waals surface area (Å²) < 4.78 is 19.7. The second-order valence-electron chi connectivity index (χ2n) is 1.82. The lowest BCUT2D eigenvalue weighted by atomic mass is 10.1. The first-order valence-electron chi connectivity index (χ1n) is 2.58. The Balaban J connectivity index is 3.15. The first kappa shape index (κ1) is 7.98. The van der Waals surface area contributed by atoms with E-state index in [9.17, 15) is 4.21 Å². The monoisotopic (exact) mass is 172 g/mol. The summed E-state index contributed by atoms with van der Waals surface area (Å²) in [5.41, 5.74) is 0. The third-order valence-electron chi connectivity index (χ3n) is 1.08. The van der Waals surface area contributed by atoms with Crippen LogP contribution in [-0.4, -0.2) is 16.6 Å². The minimum absolute atomic E-state index is 0.419. The van der Waals surface area contributed by atoms with Crippen LogP contribution in [0.3, 0.4) is 0 Å². The molecule has 1 heterocycles. The molecule has 0 spiro atoms. The van der Waals surface area contributed by atoms with Crippen molar-refractivity contribution in [1.29, 1.82) is 0 Å². The normalized spacial score (nSPS) is 13.4. The Hall–Kier alpha value is -0.125. The Bertz CT molecular complexity index is 269. The largest absolute Gasteiger partial charge is 0.302 e. The van der Waals surface area contributed by atoms with Gasteiger partial charge in [-0.3, -0.25) is 0 Å². The van der Waals surface area contributed by atoms with Crippen molar-refractivity contribution in [2.45, 2.75) is 11.8 Å². The summed E-state index contributed by atoms with van der Waals surface area (Å²) in [5.74, 6) is 0. The first-order valence-corrected chi connectivity index (χ1v) is 4.50. The van der Waals surface area contributed by atoms with Crippen molar-refractivity contribution in [3.8, 4) is 0 Å². The van der Waals surface area contributed by atoms with Crippen LogP contribution in [0.4, 0.5) is 0 Å². The maximum atomic E-state index is 10.5. The molecule has 0 fully saturated rings. The van der Waals surface area contributed by atoms with Gasteiger partial charge in [0.1, 0.15) is 7.85 Å². The van der Waals surface area contributed by atoms with Gasteiger partial charge in [0, 0.05) is 4.88 Å². The summed E-state index contributed by atoms with van der Waals surface area (Å²) in [6.45, 7) is 1.77. The lowest BCUT2D eigenvalue weighted by Crippen LogP contribution is -1.92. The maximum absolute atomic E-state index is 10.5. The fourth-order valence-electron chi connectivity index (χ4n) is 0.661. The molecule has 1 atom stereocenters. The van der Waals surface area contributed by atoms with Crippen LogP contribution in [0.25, 0.3) is 0 Å².